The third-order valence-corrected chi connectivity index (χ3v) is 4.55. The lowest BCUT2D eigenvalue weighted by Crippen LogP contribution is -2.00. The van der Waals surface area contributed by atoms with Crippen LogP contribution in [-0.4, -0.2) is 4.37 Å². The van der Waals surface area contributed by atoms with Crippen molar-refractivity contribution in [3.05, 3.63) is 70.6 Å². The molecule has 0 atom stereocenters. The number of hydrogen-bond acceptors (Lipinski definition) is 4. The molecule has 0 saturated heterocycles. The molecule has 20 heavy (non-hydrogen) atoms. The van der Waals surface area contributed by atoms with Gasteiger partial charge >= 0.3 is 0 Å². The van der Waals surface area contributed by atoms with E-state index in [0.29, 0.717) is 6.54 Å². The van der Waals surface area contributed by atoms with Crippen molar-refractivity contribution in [2.24, 2.45) is 4.99 Å². The highest BCUT2D eigenvalue weighted by Crippen LogP contribution is 2.17. The second kappa shape index (κ2) is 6.07. The van der Waals surface area contributed by atoms with Crippen LogP contribution in [0.15, 0.2) is 59.6 Å². The highest BCUT2D eigenvalue weighted by Gasteiger charge is 2.05. The van der Waals surface area contributed by atoms with Crippen molar-refractivity contribution in [2.45, 2.75) is 6.54 Å². The van der Waals surface area contributed by atoms with Gasteiger partial charge in [0, 0.05) is 16.1 Å². The Kier molecular flexibility index (Phi) is 3.99. The average Bonchev–Trinajstić information content (AvgIpc) is 2.95. The fourth-order valence-corrected chi connectivity index (χ4v) is 3.54. The predicted octanol–water partition coefficient (Wildman–Crippen LogP) is 4.11. The molecule has 0 fully saturated rings. The highest BCUT2D eigenvalue weighted by atomic mass is 32.9. The van der Waals surface area contributed by atoms with Crippen LogP contribution in [0.2, 0.25) is 0 Å². The van der Waals surface area contributed by atoms with Gasteiger partial charge in [-0.2, -0.15) is 4.37 Å². The third kappa shape index (κ3) is 3.00. The van der Waals surface area contributed by atoms with E-state index in [0.717, 1.165) is 21.5 Å². The van der Waals surface area contributed by atoms with Gasteiger partial charge in [-0.15, -0.1) is 0 Å². The van der Waals surface area contributed by atoms with E-state index in [-0.39, 0.29) is 5.82 Å². The molecule has 2 nitrogen and oxygen atoms in total. The number of benzene rings is 2. The van der Waals surface area contributed by atoms with Crippen LogP contribution in [0, 0.1) is 5.82 Å². The number of halogens is 1. The molecule has 0 amide bonds. The minimum absolute atomic E-state index is 0.240. The largest absolute Gasteiger partial charge is 0.267 e. The van der Waals surface area contributed by atoms with E-state index >= 15 is 0 Å². The maximum atomic E-state index is 13.0. The van der Waals surface area contributed by atoms with E-state index in [2.05, 4.69) is 9.37 Å². The van der Waals surface area contributed by atoms with Gasteiger partial charge in [0.05, 0.1) is 6.54 Å². The molecule has 0 unspecified atom stereocenters. The van der Waals surface area contributed by atoms with E-state index in [4.69, 9.17) is 0 Å². The molecule has 100 valence electrons. The van der Waals surface area contributed by atoms with Gasteiger partial charge in [0.25, 0.3) is 0 Å². The molecule has 0 aliphatic carbocycles. The first-order valence-corrected chi connectivity index (χ1v) is 8.20. The van der Waals surface area contributed by atoms with E-state index in [1.54, 1.807) is 12.1 Å². The summed E-state index contributed by atoms with van der Waals surface area (Å²) in [5.74, 6) is -0.240. The molecule has 0 aliphatic rings. The number of hydrogen-bond donors (Lipinski definition) is 0. The van der Waals surface area contributed by atoms with Crippen LogP contribution < -0.4 is 4.67 Å². The first kappa shape index (κ1) is 13.1. The zero-order valence-electron chi connectivity index (χ0n) is 10.5. The molecule has 3 rings (SSSR count). The SMILES string of the molecule is Fc1ccc(-c2nssc2=NCc2ccccc2)cc1. The summed E-state index contributed by atoms with van der Waals surface area (Å²) in [5, 5.41) is 0. The normalized spacial score (nSPS) is 11.8. The third-order valence-electron chi connectivity index (χ3n) is 2.81. The lowest BCUT2D eigenvalue weighted by molar-refractivity contribution is 0.628. The average molecular weight is 302 g/mol. The van der Waals surface area contributed by atoms with Crippen LogP contribution in [0.25, 0.3) is 11.3 Å². The predicted molar refractivity (Wildman–Crippen MR) is 81.1 cm³/mol. The van der Waals surface area contributed by atoms with Crippen LogP contribution in [0.1, 0.15) is 5.56 Å². The van der Waals surface area contributed by atoms with Crippen LogP contribution in [-0.2, 0) is 6.54 Å². The Bertz CT molecular complexity index is 745. The van der Waals surface area contributed by atoms with E-state index in [1.165, 1.54) is 33.0 Å². The summed E-state index contributed by atoms with van der Waals surface area (Å²) in [6.07, 6.45) is 0. The molecule has 0 saturated carbocycles. The zero-order valence-corrected chi connectivity index (χ0v) is 12.1. The van der Waals surface area contributed by atoms with Crippen LogP contribution in [0.3, 0.4) is 0 Å². The molecule has 0 spiro atoms. The van der Waals surface area contributed by atoms with Crippen LogP contribution in [0.5, 0.6) is 0 Å². The summed E-state index contributed by atoms with van der Waals surface area (Å²) in [6, 6.07) is 16.4. The van der Waals surface area contributed by atoms with Gasteiger partial charge in [-0.25, -0.2) is 4.39 Å². The number of aromatic nitrogens is 1. The van der Waals surface area contributed by atoms with E-state index < -0.39 is 0 Å². The van der Waals surface area contributed by atoms with Crippen molar-refractivity contribution in [1.29, 1.82) is 0 Å². The quantitative estimate of drug-likeness (QED) is 0.668. The first-order chi connectivity index (χ1) is 9.83. The Morgan fingerprint density at radius 1 is 1.00 bits per heavy atom. The minimum Gasteiger partial charge on any atom is -0.267 e. The van der Waals surface area contributed by atoms with Gasteiger partial charge in [0.15, 0.2) is 0 Å². The summed E-state index contributed by atoms with van der Waals surface area (Å²) in [6.45, 7) is 0.629. The first-order valence-electron chi connectivity index (χ1n) is 6.09. The molecular formula is C15H11FN2S2. The fraction of sp³-hybridized carbons (Fsp3) is 0.0667. The number of rotatable bonds is 3. The zero-order chi connectivity index (χ0) is 13.8. The van der Waals surface area contributed by atoms with Crippen molar-refractivity contribution in [2.75, 3.05) is 0 Å². The summed E-state index contributed by atoms with van der Waals surface area (Å²) < 4.78 is 18.2. The van der Waals surface area contributed by atoms with Crippen molar-refractivity contribution in [3.8, 4) is 11.3 Å². The minimum atomic E-state index is -0.240. The second-order valence-electron chi connectivity index (χ2n) is 4.21. The van der Waals surface area contributed by atoms with Crippen molar-refractivity contribution >= 4 is 20.9 Å². The molecule has 1 aromatic heterocycles. The van der Waals surface area contributed by atoms with Crippen LogP contribution >= 0.6 is 20.9 Å². The highest BCUT2D eigenvalue weighted by molar-refractivity contribution is 7.66. The monoisotopic (exact) mass is 302 g/mol. The smallest absolute Gasteiger partial charge is 0.150 e. The Morgan fingerprint density at radius 3 is 2.50 bits per heavy atom. The Labute approximate surface area is 123 Å². The lowest BCUT2D eigenvalue weighted by atomic mass is 10.2. The molecule has 0 bridgehead atoms. The summed E-state index contributed by atoms with van der Waals surface area (Å²) >= 11 is 0. The van der Waals surface area contributed by atoms with Gasteiger partial charge < -0.3 is 0 Å². The Hall–Kier alpha value is -1.85. The molecule has 0 aliphatic heterocycles. The molecule has 1 heterocycles. The molecule has 3 aromatic rings. The van der Waals surface area contributed by atoms with Gasteiger partial charge in [-0.05, 0) is 40.2 Å². The standard InChI is InChI=1S/C15H11FN2S2/c16-13-8-6-12(7-9-13)14-15(19-20-18-14)17-10-11-4-2-1-3-5-11/h1-9H,10H2. The molecule has 0 N–H and O–H groups in total. The molecule has 2 aromatic carbocycles. The van der Waals surface area contributed by atoms with Gasteiger partial charge in [-0.3, -0.25) is 4.99 Å². The second-order valence-corrected chi connectivity index (χ2v) is 6.04. The number of nitrogens with zero attached hydrogens (tertiary/aromatic N) is 2. The Morgan fingerprint density at radius 2 is 1.75 bits per heavy atom. The molecular weight excluding hydrogens is 291 g/mol. The van der Waals surface area contributed by atoms with Crippen molar-refractivity contribution < 1.29 is 4.39 Å². The summed E-state index contributed by atoms with van der Waals surface area (Å²) in [7, 11) is 2.94. The van der Waals surface area contributed by atoms with Gasteiger partial charge in [-0.1, -0.05) is 30.3 Å². The Balaban J connectivity index is 1.92. The van der Waals surface area contributed by atoms with Crippen molar-refractivity contribution in [3.63, 3.8) is 0 Å². The topological polar surface area (TPSA) is 25.2 Å². The molecule has 5 heteroatoms. The van der Waals surface area contributed by atoms with Crippen LogP contribution in [0.4, 0.5) is 4.39 Å². The summed E-state index contributed by atoms with van der Waals surface area (Å²) in [4.78, 5) is 4.61. The van der Waals surface area contributed by atoms with Gasteiger partial charge in [0.2, 0.25) is 0 Å². The summed E-state index contributed by atoms with van der Waals surface area (Å²) in [5.41, 5.74) is 2.89. The van der Waals surface area contributed by atoms with E-state index in [1.807, 2.05) is 30.3 Å². The van der Waals surface area contributed by atoms with Gasteiger partial charge in [0.1, 0.15) is 16.2 Å². The fourth-order valence-electron chi connectivity index (χ4n) is 1.80. The maximum absolute atomic E-state index is 13.0. The maximum Gasteiger partial charge on any atom is 0.150 e. The van der Waals surface area contributed by atoms with E-state index in [9.17, 15) is 4.39 Å². The molecule has 0 radical (unpaired) electrons. The van der Waals surface area contributed by atoms with Crippen molar-refractivity contribution in [1.82, 2.24) is 4.37 Å². The lowest BCUT2D eigenvalue weighted by Gasteiger charge is -1.97.